The molecule has 0 heterocycles. The normalized spacial score (nSPS) is 12.7. The minimum atomic E-state index is 0.0555. The van der Waals surface area contributed by atoms with Crippen LogP contribution >= 0.6 is 0 Å². The number of aliphatic hydroxyl groups is 1. The van der Waals surface area contributed by atoms with E-state index in [4.69, 9.17) is 10.2 Å². The molecule has 0 bridgehead atoms. The van der Waals surface area contributed by atoms with E-state index in [1.54, 1.807) is 6.07 Å². The fourth-order valence-electron chi connectivity index (χ4n) is 1.22. The summed E-state index contributed by atoms with van der Waals surface area (Å²) in [6.07, 6.45) is 0. The highest BCUT2D eigenvalue weighted by Gasteiger charge is 2.03. The molecule has 0 aromatic heterocycles. The summed E-state index contributed by atoms with van der Waals surface area (Å²) in [5.74, 6) is 0.336. The molecule has 1 rings (SSSR count). The van der Waals surface area contributed by atoms with Crippen molar-refractivity contribution in [2.24, 2.45) is 5.92 Å². The molecular weight excluding hydrogens is 194 g/mol. The SMILES string of the molecule is CC(CO)CNCc1ccc(O)cc1O. The summed E-state index contributed by atoms with van der Waals surface area (Å²) in [4.78, 5) is 0. The van der Waals surface area contributed by atoms with Crippen molar-refractivity contribution in [3.63, 3.8) is 0 Å². The molecule has 0 fully saturated rings. The first-order valence-electron chi connectivity index (χ1n) is 4.96. The second-order valence-corrected chi connectivity index (χ2v) is 3.73. The molecular formula is C11H17NO3. The van der Waals surface area contributed by atoms with Gasteiger partial charge in [0.1, 0.15) is 11.5 Å². The molecule has 4 heteroatoms. The van der Waals surface area contributed by atoms with Crippen LogP contribution in [0.4, 0.5) is 0 Å². The van der Waals surface area contributed by atoms with Gasteiger partial charge in [0.2, 0.25) is 0 Å². The maximum absolute atomic E-state index is 9.46. The van der Waals surface area contributed by atoms with Gasteiger partial charge in [-0.05, 0) is 12.0 Å². The number of nitrogens with one attached hydrogen (secondary N) is 1. The van der Waals surface area contributed by atoms with Gasteiger partial charge < -0.3 is 20.6 Å². The van der Waals surface area contributed by atoms with Crippen molar-refractivity contribution in [3.8, 4) is 11.5 Å². The minimum Gasteiger partial charge on any atom is -0.508 e. The standard InChI is InChI=1S/C11H17NO3/c1-8(7-13)5-12-6-9-2-3-10(14)4-11(9)15/h2-4,8,12-15H,5-7H2,1H3. The van der Waals surface area contributed by atoms with E-state index in [2.05, 4.69) is 5.32 Å². The van der Waals surface area contributed by atoms with Gasteiger partial charge in [-0.1, -0.05) is 13.0 Å². The average Bonchev–Trinajstić information content (AvgIpc) is 2.21. The average molecular weight is 211 g/mol. The van der Waals surface area contributed by atoms with Crippen molar-refractivity contribution < 1.29 is 15.3 Å². The van der Waals surface area contributed by atoms with Crippen LogP contribution in [-0.4, -0.2) is 28.5 Å². The molecule has 1 aromatic carbocycles. The smallest absolute Gasteiger partial charge is 0.123 e. The third kappa shape index (κ3) is 3.77. The Morgan fingerprint density at radius 2 is 2.07 bits per heavy atom. The molecule has 1 atom stereocenters. The van der Waals surface area contributed by atoms with Crippen molar-refractivity contribution in [1.29, 1.82) is 0 Å². The van der Waals surface area contributed by atoms with E-state index < -0.39 is 0 Å². The molecule has 1 aromatic rings. The van der Waals surface area contributed by atoms with E-state index in [0.717, 1.165) is 5.56 Å². The molecule has 15 heavy (non-hydrogen) atoms. The predicted molar refractivity (Wildman–Crippen MR) is 57.7 cm³/mol. The lowest BCUT2D eigenvalue weighted by Gasteiger charge is -2.10. The molecule has 0 radical (unpaired) electrons. The van der Waals surface area contributed by atoms with Crippen molar-refractivity contribution in [2.45, 2.75) is 13.5 Å². The number of rotatable bonds is 5. The van der Waals surface area contributed by atoms with Crippen LogP contribution in [0.5, 0.6) is 11.5 Å². The molecule has 0 spiro atoms. The Morgan fingerprint density at radius 1 is 1.33 bits per heavy atom. The molecule has 0 saturated carbocycles. The van der Waals surface area contributed by atoms with Crippen molar-refractivity contribution >= 4 is 0 Å². The molecule has 0 amide bonds. The number of hydrogen-bond donors (Lipinski definition) is 4. The number of phenols is 2. The van der Waals surface area contributed by atoms with Gasteiger partial charge in [0.05, 0.1) is 0 Å². The van der Waals surface area contributed by atoms with E-state index in [1.807, 2.05) is 6.92 Å². The van der Waals surface area contributed by atoms with E-state index in [9.17, 15) is 5.11 Å². The molecule has 1 unspecified atom stereocenters. The Hall–Kier alpha value is -1.26. The number of aliphatic hydroxyl groups excluding tert-OH is 1. The first-order valence-corrected chi connectivity index (χ1v) is 4.96. The van der Waals surface area contributed by atoms with E-state index in [1.165, 1.54) is 12.1 Å². The molecule has 4 N–H and O–H groups in total. The largest absolute Gasteiger partial charge is 0.508 e. The lowest BCUT2D eigenvalue weighted by Crippen LogP contribution is -2.22. The van der Waals surface area contributed by atoms with Crippen LogP contribution in [0.1, 0.15) is 12.5 Å². The number of phenolic OH excluding ortho intramolecular Hbond substituents is 2. The van der Waals surface area contributed by atoms with Gasteiger partial charge in [0, 0.05) is 31.3 Å². The maximum Gasteiger partial charge on any atom is 0.123 e. The summed E-state index contributed by atoms with van der Waals surface area (Å²) in [6, 6.07) is 4.51. The van der Waals surface area contributed by atoms with Crippen LogP contribution in [0.3, 0.4) is 0 Å². The van der Waals surface area contributed by atoms with Gasteiger partial charge in [0.15, 0.2) is 0 Å². The summed E-state index contributed by atoms with van der Waals surface area (Å²) in [7, 11) is 0. The lowest BCUT2D eigenvalue weighted by molar-refractivity contribution is 0.233. The van der Waals surface area contributed by atoms with Gasteiger partial charge in [-0.15, -0.1) is 0 Å². The number of hydrogen-bond acceptors (Lipinski definition) is 4. The van der Waals surface area contributed by atoms with Crippen LogP contribution in [0.15, 0.2) is 18.2 Å². The molecule has 0 aliphatic heterocycles. The van der Waals surface area contributed by atoms with Crippen molar-refractivity contribution in [1.82, 2.24) is 5.32 Å². The monoisotopic (exact) mass is 211 g/mol. The first-order chi connectivity index (χ1) is 7.13. The van der Waals surface area contributed by atoms with Crippen molar-refractivity contribution in [2.75, 3.05) is 13.2 Å². The molecule has 0 saturated heterocycles. The van der Waals surface area contributed by atoms with Crippen LogP contribution in [0, 0.1) is 5.92 Å². The Labute approximate surface area is 89.2 Å². The second kappa shape index (κ2) is 5.58. The zero-order chi connectivity index (χ0) is 11.3. The fourth-order valence-corrected chi connectivity index (χ4v) is 1.22. The number of aromatic hydroxyl groups is 2. The van der Waals surface area contributed by atoms with Gasteiger partial charge in [-0.3, -0.25) is 0 Å². The highest BCUT2D eigenvalue weighted by Crippen LogP contribution is 2.22. The Kier molecular flexibility index (Phi) is 4.39. The van der Waals surface area contributed by atoms with Gasteiger partial charge >= 0.3 is 0 Å². The Bertz CT molecular complexity index is 315. The molecule has 0 aliphatic carbocycles. The van der Waals surface area contributed by atoms with Crippen molar-refractivity contribution in [3.05, 3.63) is 23.8 Å². The molecule has 84 valence electrons. The lowest BCUT2D eigenvalue weighted by atomic mass is 10.1. The predicted octanol–water partition coefficient (Wildman–Crippen LogP) is 0.816. The third-order valence-corrected chi connectivity index (χ3v) is 2.19. The third-order valence-electron chi connectivity index (χ3n) is 2.19. The highest BCUT2D eigenvalue weighted by molar-refractivity contribution is 5.38. The van der Waals surface area contributed by atoms with E-state index in [0.29, 0.717) is 13.1 Å². The van der Waals surface area contributed by atoms with Gasteiger partial charge in [0.25, 0.3) is 0 Å². The first kappa shape index (κ1) is 11.8. The topological polar surface area (TPSA) is 72.7 Å². The number of benzene rings is 1. The van der Waals surface area contributed by atoms with Gasteiger partial charge in [-0.25, -0.2) is 0 Å². The second-order valence-electron chi connectivity index (χ2n) is 3.73. The summed E-state index contributed by atoms with van der Waals surface area (Å²) in [5, 5.41) is 30.5. The Morgan fingerprint density at radius 3 is 2.67 bits per heavy atom. The van der Waals surface area contributed by atoms with Crippen LogP contribution in [0.2, 0.25) is 0 Å². The van der Waals surface area contributed by atoms with Crippen LogP contribution in [0.25, 0.3) is 0 Å². The quantitative estimate of drug-likeness (QED) is 0.581. The Balaban J connectivity index is 2.44. The zero-order valence-electron chi connectivity index (χ0n) is 8.77. The summed E-state index contributed by atoms with van der Waals surface area (Å²) in [5.41, 5.74) is 0.734. The van der Waals surface area contributed by atoms with Gasteiger partial charge in [-0.2, -0.15) is 0 Å². The minimum absolute atomic E-state index is 0.0555. The highest BCUT2D eigenvalue weighted by atomic mass is 16.3. The fraction of sp³-hybridized carbons (Fsp3) is 0.455. The maximum atomic E-state index is 9.46. The molecule has 4 nitrogen and oxygen atoms in total. The molecule has 0 aliphatic rings. The summed E-state index contributed by atoms with van der Waals surface area (Å²) >= 11 is 0. The summed E-state index contributed by atoms with van der Waals surface area (Å²) in [6.45, 7) is 3.30. The zero-order valence-corrected chi connectivity index (χ0v) is 8.77. The van der Waals surface area contributed by atoms with E-state index in [-0.39, 0.29) is 24.0 Å². The summed E-state index contributed by atoms with van der Waals surface area (Å²) < 4.78 is 0. The van der Waals surface area contributed by atoms with E-state index >= 15 is 0 Å². The van der Waals surface area contributed by atoms with Crippen LogP contribution < -0.4 is 5.32 Å². The van der Waals surface area contributed by atoms with Crippen LogP contribution in [-0.2, 0) is 6.54 Å².